The summed E-state index contributed by atoms with van der Waals surface area (Å²) in [6.07, 6.45) is 0.374. The van der Waals surface area contributed by atoms with Gasteiger partial charge in [-0.3, -0.25) is 9.59 Å². The van der Waals surface area contributed by atoms with Crippen LogP contribution in [0.25, 0.3) is 0 Å². The summed E-state index contributed by atoms with van der Waals surface area (Å²) < 4.78 is 0. The van der Waals surface area contributed by atoms with E-state index < -0.39 is 5.97 Å². The molecule has 0 unspecified atom stereocenters. The molecule has 4 heteroatoms. The Morgan fingerprint density at radius 3 is 2.93 bits per heavy atom. The Kier molecular flexibility index (Phi) is 2.77. The van der Waals surface area contributed by atoms with Gasteiger partial charge in [-0.05, 0) is 6.07 Å². The lowest BCUT2D eigenvalue weighted by molar-refractivity contribution is -0.136. The van der Waals surface area contributed by atoms with Crippen molar-refractivity contribution in [2.24, 2.45) is 0 Å². The molecule has 0 aliphatic carbocycles. The van der Waals surface area contributed by atoms with Crippen LogP contribution in [0.15, 0.2) is 29.2 Å². The molecular formula is C11H10O3S. The maximum absolute atomic E-state index is 11.7. The quantitative estimate of drug-likeness (QED) is 0.833. The van der Waals surface area contributed by atoms with Crippen LogP contribution >= 0.6 is 11.8 Å². The molecule has 0 radical (unpaired) electrons. The minimum Gasteiger partial charge on any atom is -0.481 e. The Hall–Kier alpha value is -1.29. The summed E-state index contributed by atoms with van der Waals surface area (Å²) >= 11 is 1.49. The maximum Gasteiger partial charge on any atom is 0.304 e. The molecule has 0 bridgehead atoms. The van der Waals surface area contributed by atoms with Crippen molar-refractivity contribution >= 4 is 23.5 Å². The molecule has 1 heterocycles. The molecule has 0 spiro atoms. The number of carboxylic acids is 1. The first-order valence-corrected chi connectivity index (χ1v) is 5.55. The lowest BCUT2D eigenvalue weighted by Gasteiger charge is -2.21. The van der Waals surface area contributed by atoms with E-state index in [0.29, 0.717) is 6.42 Å². The number of ketones is 1. The number of Topliss-reactive ketones (excluding diaryl/α,β-unsaturated/α-hetero) is 1. The van der Waals surface area contributed by atoms with Gasteiger partial charge in [-0.25, -0.2) is 0 Å². The van der Waals surface area contributed by atoms with Crippen LogP contribution in [-0.4, -0.2) is 22.1 Å². The van der Waals surface area contributed by atoms with E-state index in [2.05, 4.69) is 0 Å². The third-order valence-electron chi connectivity index (χ3n) is 2.30. The Bertz CT molecular complexity index is 414. The number of benzene rings is 1. The number of fused-ring (bicyclic) bond motifs is 1. The third-order valence-corrected chi connectivity index (χ3v) is 3.57. The van der Waals surface area contributed by atoms with Crippen LogP contribution in [0, 0.1) is 0 Å². The van der Waals surface area contributed by atoms with Gasteiger partial charge in [-0.15, -0.1) is 11.8 Å². The first kappa shape index (κ1) is 10.2. The summed E-state index contributed by atoms with van der Waals surface area (Å²) in [5, 5.41) is 8.55. The van der Waals surface area contributed by atoms with Crippen LogP contribution in [0.2, 0.25) is 0 Å². The molecule has 2 rings (SSSR count). The van der Waals surface area contributed by atoms with E-state index >= 15 is 0 Å². The summed E-state index contributed by atoms with van der Waals surface area (Å²) in [5.41, 5.74) is 0.726. The molecule has 3 nitrogen and oxygen atoms in total. The van der Waals surface area contributed by atoms with Gasteiger partial charge in [0.15, 0.2) is 5.78 Å². The van der Waals surface area contributed by atoms with Gasteiger partial charge in [-0.2, -0.15) is 0 Å². The lowest BCUT2D eigenvalue weighted by atomic mass is 10.0. The Labute approximate surface area is 91.5 Å². The molecule has 0 saturated carbocycles. The zero-order valence-electron chi connectivity index (χ0n) is 7.97. The Morgan fingerprint density at radius 2 is 2.20 bits per heavy atom. The number of carbonyl (C=O) groups is 2. The molecule has 0 amide bonds. The van der Waals surface area contributed by atoms with Gasteiger partial charge in [0, 0.05) is 22.1 Å². The van der Waals surface area contributed by atoms with Crippen LogP contribution in [0.5, 0.6) is 0 Å². The van der Waals surface area contributed by atoms with Crippen molar-refractivity contribution < 1.29 is 14.7 Å². The highest BCUT2D eigenvalue weighted by atomic mass is 32.2. The van der Waals surface area contributed by atoms with Crippen LogP contribution < -0.4 is 0 Å². The standard InChI is InChI=1S/C11H10O3S/c12-9-5-7(6-11(13)14)15-10-4-2-1-3-8(9)10/h1-4,7H,5-6H2,(H,13,14)/t7-/m1/s1. The third kappa shape index (κ3) is 2.21. The summed E-state index contributed by atoms with van der Waals surface area (Å²) in [7, 11) is 0. The molecule has 1 aliphatic rings. The van der Waals surface area contributed by atoms with Crippen LogP contribution in [-0.2, 0) is 4.79 Å². The normalized spacial score (nSPS) is 19.7. The SMILES string of the molecule is O=C(O)C[C@H]1CC(=O)c2ccccc2S1. The first-order chi connectivity index (χ1) is 7.16. The van der Waals surface area contributed by atoms with Gasteiger partial charge < -0.3 is 5.11 Å². The minimum atomic E-state index is -0.848. The van der Waals surface area contributed by atoms with Crippen molar-refractivity contribution in [1.29, 1.82) is 0 Å². The van der Waals surface area contributed by atoms with E-state index in [-0.39, 0.29) is 17.5 Å². The van der Waals surface area contributed by atoms with E-state index in [1.807, 2.05) is 18.2 Å². The molecule has 1 aromatic rings. The summed E-state index contributed by atoms with van der Waals surface area (Å²) in [6, 6.07) is 7.35. The Balaban J connectivity index is 2.23. The molecule has 0 saturated heterocycles. The predicted molar refractivity (Wildman–Crippen MR) is 57.3 cm³/mol. The minimum absolute atomic E-state index is 0.0464. The van der Waals surface area contributed by atoms with Crippen molar-refractivity contribution in [3.8, 4) is 0 Å². The van der Waals surface area contributed by atoms with E-state index in [4.69, 9.17) is 5.11 Å². The molecule has 0 fully saturated rings. The summed E-state index contributed by atoms with van der Waals surface area (Å²) in [5.74, 6) is -0.796. The molecule has 1 atom stereocenters. The Morgan fingerprint density at radius 1 is 1.47 bits per heavy atom. The van der Waals surface area contributed by atoms with Gasteiger partial charge in [0.25, 0.3) is 0 Å². The number of rotatable bonds is 2. The highest BCUT2D eigenvalue weighted by molar-refractivity contribution is 8.00. The second-order valence-electron chi connectivity index (χ2n) is 3.46. The van der Waals surface area contributed by atoms with Gasteiger partial charge in [0.1, 0.15) is 0 Å². The second-order valence-corrected chi connectivity index (χ2v) is 4.80. The number of carboxylic acid groups (broad SMARTS) is 1. The molecule has 1 aromatic carbocycles. The van der Waals surface area contributed by atoms with Gasteiger partial charge >= 0.3 is 5.97 Å². The van der Waals surface area contributed by atoms with E-state index in [1.54, 1.807) is 6.07 Å². The topological polar surface area (TPSA) is 54.4 Å². The van der Waals surface area contributed by atoms with E-state index in [9.17, 15) is 9.59 Å². The first-order valence-electron chi connectivity index (χ1n) is 4.67. The fourth-order valence-corrected chi connectivity index (χ4v) is 2.93. The largest absolute Gasteiger partial charge is 0.481 e. The van der Waals surface area contributed by atoms with Crippen molar-refractivity contribution in [3.05, 3.63) is 29.8 Å². The molecule has 15 heavy (non-hydrogen) atoms. The number of hydrogen-bond donors (Lipinski definition) is 1. The molecule has 78 valence electrons. The number of aliphatic carboxylic acids is 1. The summed E-state index contributed by atoms with van der Waals surface area (Å²) in [6.45, 7) is 0. The van der Waals surface area contributed by atoms with E-state index in [1.165, 1.54) is 11.8 Å². The lowest BCUT2D eigenvalue weighted by Crippen LogP contribution is -2.20. The second kappa shape index (κ2) is 4.06. The van der Waals surface area contributed by atoms with Crippen LogP contribution in [0.3, 0.4) is 0 Å². The van der Waals surface area contributed by atoms with Crippen LogP contribution in [0.4, 0.5) is 0 Å². The van der Waals surface area contributed by atoms with Gasteiger partial charge in [0.05, 0.1) is 6.42 Å². The summed E-state index contributed by atoms with van der Waals surface area (Å²) in [4.78, 5) is 23.1. The van der Waals surface area contributed by atoms with E-state index in [0.717, 1.165) is 10.5 Å². The average Bonchev–Trinajstić information content (AvgIpc) is 2.16. The van der Waals surface area contributed by atoms with Gasteiger partial charge in [0.2, 0.25) is 0 Å². The van der Waals surface area contributed by atoms with Crippen molar-refractivity contribution in [3.63, 3.8) is 0 Å². The zero-order valence-corrected chi connectivity index (χ0v) is 8.79. The van der Waals surface area contributed by atoms with Crippen molar-refractivity contribution in [2.75, 3.05) is 0 Å². The van der Waals surface area contributed by atoms with Crippen molar-refractivity contribution in [2.45, 2.75) is 23.0 Å². The molecule has 1 N–H and O–H groups in total. The maximum atomic E-state index is 11.7. The predicted octanol–water partition coefficient (Wildman–Crippen LogP) is 2.21. The fraction of sp³-hybridized carbons (Fsp3) is 0.273. The highest BCUT2D eigenvalue weighted by Crippen LogP contribution is 2.36. The average molecular weight is 222 g/mol. The van der Waals surface area contributed by atoms with Crippen molar-refractivity contribution in [1.82, 2.24) is 0 Å². The monoisotopic (exact) mass is 222 g/mol. The highest BCUT2D eigenvalue weighted by Gasteiger charge is 2.26. The van der Waals surface area contributed by atoms with Crippen LogP contribution in [0.1, 0.15) is 23.2 Å². The zero-order chi connectivity index (χ0) is 10.8. The molecular weight excluding hydrogens is 212 g/mol. The number of hydrogen-bond acceptors (Lipinski definition) is 3. The fourth-order valence-electron chi connectivity index (χ4n) is 1.65. The molecule has 0 aromatic heterocycles. The smallest absolute Gasteiger partial charge is 0.304 e. The number of thioether (sulfide) groups is 1. The molecule has 1 aliphatic heterocycles. The van der Waals surface area contributed by atoms with Gasteiger partial charge in [-0.1, -0.05) is 18.2 Å². The number of carbonyl (C=O) groups excluding carboxylic acids is 1.